The van der Waals surface area contributed by atoms with E-state index in [0.29, 0.717) is 0 Å². The molecule has 1 atom stereocenters. The maximum absolute atomic E-state index is 11.9. The van der Waals surface area contributed by atoms with E-state index in [1.54, 1.807) is 23.7 Å². The van der Waals surface area contributed by atoms with Crippen LogP contribution in [-0.4, -0.2) is 13.0 Å². The monoisotopic (exact) mass is 348 g/mol. The Kier molecular flexibility index (Phi) is 3.58. The first kappa shape index (κ1) is 13.7. The van der Waals surface area contributed by atoms with Crippen molar-refractivity contribution >= 4 is 39.3 Å². The zero-order valence-corrected chi connectivity index (χ0v) is 13.2. The lowest BCUT2D eigenvalue weighted by Gasteiger charge is -2.11. The van der Waals surface area contributed by atoms with E-state index >= 15 is 0 Å². The number of rotatable bonds is 2. The van der Waals surface area contributed by atoms with E-state index in [1.807, 2.05) is 36.4 Å². The Morgan fingerprint density at radius 2 is 2.00 bits per heavy atom. The Morgan fingerprint density at radius 1 is 1.25 bits per heavy atom. The van der Waals surface area contributed by atoms with Gasteiger partial charge in [0.1, 0.15) is 6.04 Å². The van der Waals surface area contributed by atoms with E-state index in [0.717, 1.165) is 25.5 Å². The fraction of sp³-hybridized carbons (Fsp3) is 0.133. The van der Waals surface area contributed by atoms with E-state index in [1.165, 1.54) is 0 Å². The fourth-order valence-electron chi connectivity index (χ4n) is 2.26. The predicted molar refractivity (Wildman–Crippen MR) is 85.0 cm³/mol. The van der Waals surface area contributed by atoms with Gasteiger partial charge in [0.15, 0.2) is 0 Å². The van der Waals surface area contributed by atoms with Gasteiger partial charge in [-0.3, -0.25) is 4.79 Å². The molecule has 0 aliphatic carbocycles. The molecule has 1 heterocycles. The summed E-state index contributed by atoms with van der Waals surface area (Å²) < 4.78 is 1.06. The van der Waals surface area contributed by atoms with Gasteiger partial charge in [0.25, 0.3) is 0 Å². The van der Waals surface area contributed by atoms with Crippen molar-refractivity contribution in [2.45, 2.75) is 15.8 Å². The molecule has 3 rings (SSSR count). The first-order valence-electron chi connectivity index (χ1n) is 6.17. The quantitative estimate of drug-likeness (QED) is 0.902. The molecule has 3 nitrogen and oxygen atoms in total. The molecule has 20 heavy (non-hydrogen) atoms. The van der Waals surface area contributed by atoms with Crippen molar-refractivity contribution in [3.8, 4) is 0 Å². The molecule has 1 aliphatic heterocycles. The fourth-order valence-corrected chi connectivity index (χ4v) is 3.66. The summed E-state index contributed by atoms with van der Waals surface area (Å²) in [7, 11) is 1.76. The summed E-state index contributed by atoms with van der Waals surface area (Å²) in [5, 5.41) is 0. The van der Waals surface area contributed by atoms with E-state index in [4.69, 9.17) is 5.73 Å². The third kappa shape index (κ3) is 2.26. The van der Waals surface area contributed by atoms with Crippen molar-refractivity contribution in [3.05, 3.63) is 52.5 Å². The highest BCUT2D eigenvalue weighted by Crippen LogP contribution is 2.39. The molecule has 0 saturated carbocycles. The number of carbonyl (C=O) groups excluding carboxylic acids is 1. The standard InChI is InChI=1S/C15H13BrN2OS/c1-18-12-8-9(6-7-10(12)14(17)15(18)19)20-13-5-3-2-4-11(13)16/h2-8,14H,17H2,1H3. The molecule has 102 valence electrons. The average Bonchev–Trinajstić information content (AvgIpc) is 2.66. The largest absolute Gasteiger partial charge is 0.316 e. The number of carbonyl (C=O) groups is 1. The Balaban J connectivity index is 1.95. The molecule has 1 aliphatic rings. The highest BCUT2D eigenvalue weighted by molar-refractivity contribution is 9.10. The lowest BCUT2D eigenvalue weighted by Crippen LogP contribution is -2.27. The van der Waals surface area contributed by atoms with Crippen molar-refractivity contribution < 1.29 is 4.79 Å². The minimum Gasteiger partial charge on any atom is -0.316 e. The molecule has 0 radical (unpaired) electrons. The van der Waals surface area contributed by atoms with Crippen LogP contribution in [0.25, 0.3) is 0 Å². The van der Waals surface area contributed by atoms with Gasteiger partial charge >= 0.3 is 0 Å². The summed E-state index contributed by atoms with van der Waals surface area (Å²) in [6.07, 6.45) is 0. The van der Waals surface area contributed by atoms with Gasteiger partial charge in [-0.15, -0.1) is 0 Å². The zero-order chi connectivity index (χ0) is 14.3. The molecule has 1 unspecified atom stereocenters. The second-order valence-electron chi connectivity index (χ2n) is 4.63. The second-order valence-corrected chi connectivity index (χ2v) is 6.60. The topological polar surface area (TPSA) is 46.3 Å². The number of halogens is 1. The third-order valence-electron chi connectivity index (χ3n) is 3.36. The van der Waals surface area contributed by atoms with Crippen LogP contribution in [0.5, 0.6) is 0 Å². The maximum atomic E-state index is 11.9. The Hall–Kier alpha value is -1.30. The van der Waals surface area contributed by atoms with Crippen LogP contribution in [0.15, 0.2) is 56.7 Å². The Bertz CT molecular complexity index is 689. The molecule has 0 aromatic heterocycles. The molecule has 1 amide bonds. The van der Waals surface area contributed by atoms with Gasteiger partial charge in [0.2, 0.25) is 5.91 Å². The van der Waals surface area contributed by atoms with Crippen molar-refractivity contribution in [1.82, 2.24) is 0 Å². The molecule has 5 heteroatoms. The number of likely N-dealkylation sites (N-methyl/N-ethyl adjacent to an activating group) is 1. The number of hydrogen-bond donors (Lipinski definition) is 1. The van der Waals surface area contributed by atoms with Crippen LogP contribution in [0.1, 0.15) is 11.6 Å². The summed E-state index contributed by atoms with van der Waals surface area (Å²) in [6, 6.07) is 13.5. The third-order valence-corrected chi connectivity index (χ3v) is 5.38. The van der Waals surface area contributed by atoms with Gasteiger partial charge in [0.05, 0.1) is 0 Å². The van der Waals surface area contributed by atoms with Crippen LogP contribution in [-0.2, 0) is 4.79 Å². The molecule has 2 aromatic carbocycles. The number of anilines is 1. The summed E-state index contributed by atoms with van der Waals surface area (Å²) in [6.45, 7) is 0. The second kappa shape index (κ2) is 5.24. The SMILES string of the molecule is CN1C(=O)C(N)c2ccc(Sc3ccccc3Br)cc21. The summed E-state index contributed by atoms with van der Waals surface area (Å²) >= 11 is 5.20. The Morgan fingerprint density at radius 3 is 2.75 bits per heavy atom. The van der Waals surface area contributed by atoms with Gasteiger partial charge in [-0.2, -0.15) is 0 Å². The van der Waals surface area contributed by atoms with Gasteiger partial charge < -0.3 is 10.6 Å². The summed E-state index contributed by atoms with van der Waals surface area (Å²) in [5.41, 5.74) is 7.70. The average molecular weight is 349 g/mol. The minimum absolute atomic E-state index is 0.0527. The Labute approximate surface area is 130 Å². The van der Waals surface area contributed by atoms with Crippen molar-refractivity contribution in [2.24, 2.45) is 5.73 Å². The van der Waals surface area contributed by atoms with E-state index in [2.05, 4.69) is 22.0 Å². The molecule has 2 N–H and O–H groups in total. The molecular formula is C15H13BrN2OS. The number of amides is 1. The van der Waals surface area contributed by atoms with Crippen molar-refractivity contribution in [1.29, 1.82) is 0 Å². The van der Waals surface area contributed by atoms with Crippen molar-refractivity contribution in [2.75, 3.05) is 11.9 Å². The molecule has 0 fully saturated rings. The number of hydrogen-bond acceptors (Lipinski definition) is 3. The van der Waals surface area contributed by atoms with Crippen LogP contribution >= 0.6 is 27.7 Å². The van der Waals surface area contributed by atoms with E-state index in [-0.39, 0.29) is 5.91 Å². The lowest BCUT2D eigenvalue weighted by atomic mass is 10.1. The number of nitrogens with zero attached hydrogens (tertiary/aromatic N) is 1. The van der Waals surface area contributed by atoms with Crippen LogP contribution in [0, 0.1) is 0 Å². The molecule has 0 bridgehead atoms. The first-order valence-corrected chi connectivity index (χ1v) is 7.78. The van der Waals surface area contributed by atoms with Crippen LogP contribution in [0.4, 0.5) is 5.69 Å². The number of benzene rings is 2. The zero-order valence-electron chi connectivity index (χ0n) is 10.8. The van der Waals surface area contributed by atoms with Gasteiger partial charge in [-0.25, -0.2) is 0 Å². The molecule has 0 saturated heterocycles. The van der Waals surface area contributed by atoms with Crippen LogP contribution in [0.3, 0.4) is 0 Å². The van der Waals surface area contributed by atoms with Crippen LogP contribution < -0.4 is 10.6 Å². The number of fused-ring (bicyclic) bond motifs is 1. The van der Waals surface area contributed by atoms with Crippen LogP contribution in [0.2, 0.25) is 0 Å². The normalized spacial score (nSPS) is 17.4. The van der Waals surface area contributed by atoms with Gasteiger partial charge in [0, 0.05) is 32.6 Å². The highest BCUT2D eigenvalue weighted by atomic mass is 79.9. The molecule has 0 spiro atoms. The van der Waals surface area contributed by atoms with E-state index in [9.17, 15) is 4.79 Å². The van der Waals surface area contributed by atoms with Crippen molar-refractivity contribution in [3.63, 3.8) is 0 Å². The first-order chi connectivity index (χ1) is 9.58. The smallest absolute Gasteiger partial charge is 0.248 e. The summed E-state index contributed by atoms with van der Waals surface area (Å²) in [5.74, 6) is -0.0527. The van der Waals surface area contributed by atoms with Gasteiger partial charge in [-0.05, 0) is 40.2 Å². The summed E-state index contributed by atoms with van der Waals surface area (Å²) in [4.78, 5) is 15.7. The predicted octanol–water partition coefficient (Wildman–Crippen LogP) is 3.58. The highest BCUT2D eigenvalue weighted by Gasteiger charge is 2.32. The number of nitrogens with two attached hydrogens (primary N) is 1. The van der Waals surface area contributed by atoms with Gasteiger partial charge in [-0.1, -0.05) is 30.0 Å². The van der Waals surface area contributed by atoms with E-state index < -0.39 is 6.04 Å². The minimum atomic E-state index is -0.530. The maximum Gasteiger partial charge on any atom is 0.248 e. The lowest BCUT2D eigenvalue weighted by molar-refractivity contribution is -0.118. The molecular weight excluding hydrogens is 336 g/mol. The molecule has 2 aromatic rings.